The maximum Gasteiger partial charge on any atom is 0.331 e. The number of fused-ring (bicyclic) bond motifs is 5. The monoisotopic (exact) mass is 548 g/mol. The fraction of sp³-hybridized carbons (Fsp3) is 0.867. The third-order valence-electron chi connectivity index (χ3n) is 12.0. The Morgan fingerprint density at radius 1 is 1.13 bits per heavy atom. The van der Waals surface area contributed by atoms with E-state index >= 15 is 0 Å². The minimum Gasteiger partial charge on any atom is -0.458 e. The van der Waals surface area contributed by atoms with E-state index in [0.717, 1.165) is 31.1 Å². The average Bonchev–Trinajstić information content (AvgIpc) is 3.45. The van der Waals surface area contributed by atoms with Crippen LogP contribution in [0, 0.1) is 34.5 Å². The summed E-state index contributed by atoms with van der Waals surface area (Å²) in [5.74, 6) is -0.782. The van der Waals surface area contributed by atoms with Gasteiger partial charge in [-0.2, -0.15) is 0 Å². The van der Waals surface area contributed by atoms with Gasteiger partial charge in [-0.25, -0.2) is 4.79 Å². The summed E-state index contributed by atoms with van der Waals surface area (Å²) in [6.45, 7) is 4.14. The largest absolute Gasteiger partial charge is 0.458 e. The number of rotatable bonds is 5. The van der Waals surface area contributed by atoms with Gasteiger partial charge in [0.15, 0.2) is 6.29 Å². The number of hydrogen-bond donors (Lipinski definition) is 3. The predicted octanol–water partition coefficient (Wildman–Crippen LogP) is 2.29. The second-order valence-electron chi connectivity index (χ2n) is 13.5. The maximum atomic E-state index is 13.0. The van der Waals surface area contributed by atoms with Crippen molar-refractivity contribution in [2.45, 2.75) is 114 Å². The molecule has 0 aromatic rings. The first-order valence-corrected chi connectivity index (χ1v) is 14.8. The molecule has 6 aliphatic rings. The van der Waals surface area contributed by atoms with Gasteiger partial charge in [0.1, 0.15) is 19.0 Å². The van der Waals surface area contributed by atoms with Gasteiger partial charge in [0.05, 0.1) is 30.0 Å². The molecule has 0 amide bonds. The van der Waals surface area contributed by atoms with Crippen LogP contribution in [-0.4, -0.2) is 83.7 Å². The van der Waals surface area contributed by atoms with Crippen molar-refractivity contribution in [1.29, 1.82) is 0 Å². The molecule has 2 aliphatic heterocycles. The van der Waals surface area contributed by atoms with Gasteiger partial charge in [0.25, 0.3) is 0 Å². The fourth-order valence-corrected chi connectivity index (χ4v) is 10.0. The summed E-state index contributed by atoms with van der Waals surface area (Å²) in [7, 11) is 1.58. The summed E-state index contributed by atoms with van der Waals surface area (Å²) in [5, 5.41) is 34.4. The lowest BCUT2D eigenvalue weighted by Gasteiger charge is -2.64. The third-order valence-corrected chi connectivity index (χ3v) is 12.0. The van der Waals surface area contributed by atoms with Gasteiger partial charge < -0.3 is 39.1 Å². The van der Waals surface area contributed by atoms with Gasteiger partial charge >= 0.3 is 5.97 Å². The van der Waals surface area contributed by atoms with Gasteiger partial charge in [-0.15, -0.1) is 0 Å². The number of methoxy groups -OCH3 is 1. The molecule has 3 N–H and O–H groups in total. The van der Waals surface area contributed by atoms with Crippen LogP contribution >= 0.6 is 0 Å². The minimum absolute atomic E-state index is 0.0223. The van der Waals surface area contributed by atoms with Crippen molar-refractivity contribution >= 4 is 12.3 Å². The molecule has 4 saturated carbocycles. The summed E-state index contributed by atoms with van der Waals surface area (Å²) in [5.41, 5.74) is -1.37. The second-order valence-corrected chi connectivity index (χ2v) is 13.5. The highest BCUT2D eigenvalue weighted by Crippen LogP contribution is 2.69. The van der Waals surface area contributed by atoms with E-state index < -0.39 is 41.0 Å². The number of aliphatic hydroxyl groups is 3. The van der Waals surface area contributed by atoms with Crippen molar-refractivity contribution in [2.75, 3.05) is 13.7 Å². The van der Waals surface area contributed by atoms with E-state index in [1.807, 2.05) is 6.92 Å². The molecule has 13 atom stereocenters. The molecule has 0 aromatic heterocycles. The van der Waals surface area contributed by atoms with Crippen molar-refractivity contribution in [3.63, 3.8) is 0 Å². The smallest absolute Gasteiger partial charge is 0.331 e. The Morgan fingerprint density at radius 2 is 1.92 bits per heavy atom. The molecule has 0 spiro atoms. The Labute approximate surface area is 230 Å². The van der Waals surface area contributed by atoms with Crippen LogP contribution in [0.4, 0.5) is 0 Å². The van der Waals surface area contributed by atoms with E-state index in [-0.39, 0.29) is 48.5 Å². The molecule has 218 valence electrons. The topological polar surface area (TPSA) is 132 Å². The summed E-state index contributed by atoms with van der Waals surface area (Å²) >= 11 is 0. The maximum absolute atomic E-state index is 13.0. The van der Waals surface area contributed by atoms with Crippen molar-refractivity contribution in [2.24, 2.45) is 34.5 Å². The van der Waals surface area contributed by atoms with Crippen LogP contribution in [0.1, 0.15) is 71.6 Å². The third kappa shape index (κ3) is 4.09. The minimum atomic E-state index is -1.01. The molecule has 9 heteroatoms. The van der Waals surface area contributed by atoms with Gasteiger partial charge in [-0.3, -0.25) is 0 Å². The molecule has 6 rings (SSSR count). The van der Waals surface area contributed by atoms with Crippen LogP contribution in [-0.2, 0) is 28.5 Å². The first-order valence-electron chi connectivity index (χ1n) is 14.8. The zero-order valence-corrected chi connectivity index (χ0v) is 23.3. The zero-order chi connectivity index (χ0) is 27.7. The van der Waals surface area contributed by atoms with E-state index in [1.54, 1.807) is 13.2 Å². The van der Waals surface area contributed by atoms with Crippen molar-refractivity contribution in [3.8, 4) is 0 Å². The fourth-order valence-electron chi connectivity index (χ4n) is 10.0. The summed E-state index contributed by atoms with van der Waals surface area (Å²) in [6.07, 6.45) is 5.66. The Balaban J connectivity index is 1.21. The molecule has 0 bridgehead atoms. The van der Waals surface area contributed by atoms with Crippen LogP contribution in [0.3, 0.4) is 0 Å². The summed E-state index contributed by atoms with van der Waals surface area (Å²) in [6, 6.07) is 0. The highest BCUT2D eigenvalue weighted by Gasteiger charge is 2.71. The van der Waals surface area contributed by atoms with Gasteiger partial charge in [-0.1, -0.05) is 6.92 Å². The first-order chi connectivity index (χ1) is 18.6. The number of esters is 1. The first kappa shape index (κ1) is 27.8. The van der Waals surface area contributed by atoms with Crippen LogP contribution in [0.25, 0.3) is 0 Å². The SMILES string of the molecule is COC1CC(OC2CCC3(C=O)C(CCC4C3C(O)CC3(C)C(C5=CC(=O)OC5)CCC43O)C2)OC(C)C1O. The lowest BCUT2D eigenvalue weighted by atomic mass is 9.42. The van der Waals surface area contributed by atoms with Gasteiger partial charge in [0, 0.05) is 36.4 Å². The Kier molecular flexibility index (Phi) is 7.04. The molecule has 5 fully saturated rings. The zero-order valence-electron chi connectivity index (χ0n) is 23.3. The van der Waals surface area contributed by atoms with Crippen LogP contribution in [0.5, 0.6) is 0 Å². The molecule has 13 unspecified atom stereocenters. The number of carbonyl (C=O) groups is 2. The number of carbonyl (C=O) groups excluding carboxylic acids is 2. The molecular weight excluding hydrogens is 504 g/mol. The average molecular weight is 549 g/mol. The Morgan fingerprint density at radius 3 is 2.62 bits per heavy atom. The summed E-state index contributed by atoms with van der Waals surface area (Å²) < 4.78 is 23.0. The van der Waals surface area contributed by atoms with Crippen LogP contribution in [0.15, 0.2) is 11.6 Å². The van der Waals surface area contributed by atoms with E-state index in [4.69, 9.17) is 18.9 Å². The van der Waals surface area contributed by atoms with E-state index in [0.29, 0.717) is 38.5 Å². The Bertz CT molecular complexity index is 1010. The van der Waals surface area contributed by atoms with Crippen LogP contribution < -0.4 is 0 Å². The lowest BCUT2D eigenvalue weighted by Crippen LogP contribution is -2.67. The molecule has 4 aliphatic carbocycles. The standard InChI is InChI=1S/C30H44O9/c1-16-27(34)23(36-3)12-25(38-16)39-19-6-8-29(15-31)18(11-19)4-5-21-26(29)22(32)13-28(2)20(7-9-30(21,28)35)17-10-24(33)37-14-17/h10,15-16,18-23,25-27,32,34-35H,4-9,11-14H2,1-3H3. The number of cyclic esters (lactones) is 1. The molecule has 2 heterocycles. The lowest BCUT2D eigenvalue weighted by molar-refractivity contribution is -0.276. The van der Waals surface area contributed by atoms with Crippen molar-refractivity contribution < 1.29 is 43.9 Å². The van der Waals surface area contributed by atoms with Crippen molar-refractivity contribution in [1.82, 2.24) is 0 Å². The number of aliphatic hydroxyl groups excluding tert-OH is 2. The van der Waals surface area contributed by atoms with Gasteiger partial charge in [-0.05, 0) is 81.6 Å². The molecule has 1 saturated heterocycles. The quantitative estimate of drug-likeness (QED) is 0.269. The van der Waals surface area contributed by atoms with E-state index in [1.165, 1.54) is 0 Å². The molecule has 39 heavy (non-hydrogen) atoms. The van der Waals surface area contributed by atoms with Crippen LogP contribution in [0.2, 0.25) is 0 Å². The van der Waals surface area contributed by atoms with E-state index in [2.05, 4.69) is 6.92 Å². The molecule has 9 nitrogen and oxygen atoms in total. The van der Waals surface area contributed by atoms with Gasteiger partial charge in [0.2, 0.25) is 0 Å². The number of ether oxygens (including phenoxy) is 4. The summed E-state index contributed by atoms with van der Waals surface area (Å²) in [4.78, 5) is 24.8. The molecular formula is C30H44O9. The normalized spacial score (nSPS) is 53.3. The Hall–Kier alpha value is -1.36. The molecule has 0 radical (unpaired) electrons. The number of aldehydes is 1. The second kappa shape index (κ2) is 9.88. The van der Waals surface area contributed by atoms with E-state index in [9.17, 15) is 24.9 Å². The highest BCUT2D eigenvalue weighted by atomic mass is 16.7. The number of hydrogen-bond acceptors (Lipinski definition) is 9. The predicted molar refractivity (Wildman–Crippen MR) is 138 cm³/mol. The van der Waals surface area contributed by atoms with Crippen molar-refractivity contribution in [3.05, 3.63) is 11.6 Å². The molecule has 0 aromatic carbocycles. The highest BCUT2D eigenvalue weighted by molar-refractivity contribution is 5.85.